The summed E-state index contributed by atoms with van der Waals surface area (Å²) >= 11 is 27.3. The molecule has 0 amide bonds. The molecule has 2 aromatic carbocycles. The van der Waals surface area contributed by atoms with Gasteiger partial charge in [-0.1, -0.05) is 68.4 Å². The summed E-state index contributed by atoms with van der Waals surface area (Å²) in [6, 6.07) is 8.58. The lowest BCUT2D eigenvalue weighted by molar-refractivity contribution is 0.483. The second-order valence-electron chi connectivity index (χ2n) is 3.70. The topological polar surface area (TPSA) is 9.23 Å². The Bertz CT molecular complexity index is 616. The van der Waals surface area contributed by atoms with E-state index < -0.39 is 0 Å². The first-order valence-electron chi connectivity index (χ1n) is 5.18. The highest BCUT2D eigenvalue weighted by Gasteiger charge is 2.10. The van der Waals surface area contributed by atoms with Crippen LogP contribution in [0.4, 0.5) is 0 Å². The lowest BCUT2D eigenvalue weighted by atomic mass is 10.2. The number of ether oxygens (including phenoxy) is 1. The molecule has 0 aliphatic carbocycles. The Balaban J connectivity index is 2.33. The van der Waals surface area contributed by atoms with Crippen LogP contribution >= 0.6 is 62.3 Å². The van der Waals surface area contributed by atoms with Crippen molar-refractivity contribution in [2.75, 3.05) is 0 Å². The van der Waals surface area contributed by atoms with E-state index in [1.807, 2.05) is 12.1 Å². The fraction of sp³-hybridized carbons (Fsp3) is 0.0769. The van der Waals surface area contributed by atoms with Gasteiger partial charge in [-0.3, -0.25) is 0 Å². The minimum atomic E-state index is 0.370. The summed E-state index contributed by atoms with van der Waals surface area (Å²) < 4.78 is 5.65. The molecule has 0 heterocycles. The Morgan fingerprint density at radius 3 is 2.05 bits per heavy atom. The minimum Gasteiger partial charge on any atom is -0.454 e. The summed E-state index contributed by atoms with van der Waals surface area (Å²) in [5.41, 5.74) is 1.05. The molecule has 0 fully saturated rings. The summed E-state index contributed by atoms with van der Waals surface area (Å²) in [5, 5.41) is 2.34. The van der Waals surface area contributed by atoms with E-state index in [2.05, 4.69) is 15.9 Å². The molecular weight excluding hydrogens is 394 g/mol. The smallest absolute Gasteiger partial charge is 0.147 e. The van der Waals surface area contributed by atoms with Crippen LogP contribution in [0.1, 0.15) is 5.56 Å². The van der Waals surface area contributed by atoms with E-state index in [-0.39, 0.29) is 0 Å². The normalized spacial score (nSPS) is 10.6. The van der Waals surface area contributed by atoms with E-state index >= 15 is 0 Å². The van der Waals surface area contributed by atoms with Gasteiger partial charge in [-0.05, 0) is 23.8 Å². The van der Waals surface area contributed by atoms with Crippen molar-refractivity contribution in [3.63, 3.8) is 0 Å². The lowest BCUT2D eigenvalue weighted by Gasteiger charge is -2.11. The zero-order chi connectivity index (χ0) is 14.0. The molecule has 19 heavy (non-hydrogen) atoms. The van der Waals surface area contributed by atoms with Gasteiger partial charge >= 0.3 is 0 Å². The Morgan fingerprint density at radius 2 is 1.42 bits per heavy atom. The van der Waals surface area contributed by atoms with Gasteiger partial charge in [0.05, 0.1) is 20.1 Å². The molecule has 100 valence electrons. The summed E-state index contributed by atoms with van der Waals surface area (Å²) in [5.74, 6) is 0.913. The van der Waals surface area contributed by atoms with Gasteiger partial charge < -0.3 is 4.74 Å². The molecule has 0 aliphatic heterocycles. The van der Waals surface area contributed by atoms with Crippen LogP contribution in [-0.4, -0.2) is 0 Å². The van der Waals surface area contributed by atoms with Gasteiger partial charge in [-0.15, -0.1) is 0 Å². The maximum Gasteiger partial charge on any atom is 0.147 e. The number of rotatable bonds is 3. The van der Waals surface area contributed by atoms with E-state index in [4.69, 9.17) is 51.1 Å². The molecule has 2 aromatic rings. The predicted octanol–water partition coefficient (Wildman–Crippen LogP) is 6.99. The fourth-order valence-electron chi connectivity index (χ4n) is 1.41. The van der Waals surface area contributed by atoms with Gasteiger partial charge in [-0.2, -0.15) is 0 Å². The molecule has 0 spiro atoms. The first-order valence-corrected chi connectivity index (χ1v) is 7.81. The zero-order valence-electron chi connectivity index (χ0n) is 9.39. The van der Waals surface area contributed by atoms with Crippen LogP contribution in [-0.2, 0) is 5.33 Å². The van der Waals surface area contributed by atoms with Crippen LogP contribution in [0.25, 0.3) is 0 Å². The molecule has 1 nitrogen and oxygen atoms in total. The van der Waals surface area contributed by atoms with Crippen LogP contribution in [0.2, 0.25) is 20.1 Å². The molecule has 0 bridgehead atoms. The number of alkyl halides is 1. The van der Waals surface area contributed by atoms with Gasteiger partial charge in [0.2, 0.25) is 0 Å². The van der Waals surface area contributed by atoms with Crippen molar-refractivity contribution >= 4 is 62.3 Å². The Morgan fingerprint density at radius 1 is 0.789 bits per heavy atom. The van der Waals surface area contributed by atoms with Crippen LogP contribution in [0, 0.1) is 0 Å². The molecule has 0 unspecified atom stereocenters. The Labute approximate surface area is 139 Å². The van der Waals surface area contributed by atoms with Gasteiger partial charge in [0.15, 0.2) is 0 Å². The molecule has 6 heteroatoms. The molecule has 0 radical (unpaired) electrons. The van der Waals surface area contributed by atoms with Crippen LogP contribution in [0.3, 0.4) is 0 Å². The molecular formula is C13H7BrCl4O. The van der Waals surface area contributed by atoms with Gasteiger partial charge in [0.1, 0.15) is 11.5 Å². The monoisotopic (exact) mass is 398 g/mol. The van der Waals surface area contributed by atoms with Crippen molar-refractivity contribution in [3.05, 3.63) is 56.0 Å². The number of hydrogen-bond acceptors (Lipinski definition) is 1. The highest BCUT2D eigenvalue weighted by Crippen LogP contribution is 2.38. The van der Waals surface area contributed by atoms with Crippen molar-refractivity contribution < 1.29 is 4.74 Å². The average Bonchev–Trinajstić information content (AvgIpc) is 2.38. The largest absolute Gasteiger partial charge is 0.454 e. The van der Waals surface area contributed by atoms with Crippen LogP contribution in [0.5, 0.6) is 11.5 Å². The molecule has 0 aromatic heterocycles. The maximum atomic E-state index is 6.13. The lowest BCUT2D eigenvalue weighted by Crippen LogP contribution is -1.88. The molecule has 0 saturated heterocycles. The number of halogens is 5. The Hall–Kier alpha value is -0.120. The van der Waals surface area contributed by atoms with Crippen LogP contribution in [0.15, 0.2) is 30.3 Å². The molecule has 0 N–H and O–H groups in total. The zero-order valence-corrected chi connectivity index (χ0v) is 14.0. The second-order valence-corrected chi connectivity index (χ2v) is 5.89. The first kappa shape index (κ1) is 15.3. The van der Waals surface area contributed by atoms with Crippen molar-refractivity contribution in [1.29, 1.82) is 0 Å². The standard InChI is InChI=1S/C13H7BrCl4O/c14-6-7-1-2-12(10(17)3-7)19-13-5-9(16)8(15)4-11(13)18/h1-5H,6H2. The third kappa shape index (κ3) is 3.71. The fourth-order valence-corrected chi connectivity index (χ4v) is 2.58. The minimum absolute atomic E-state index is 0.370. The molecule has 0 saturated carbocycles. The summed E-state index contributed by atoms with van der Waals surface area (Å²) in [7, 11) is 0. The van der Waals surface area contributed by atoms with Gasteiger partial charge in [0, 0.05) is 11.4 Å². The SMILES string of the molecule is Clc1cc(Cl)c(Oc2ccc(CBr)cc2Cl)cc1Cl. The number of hydrogen-bond donors (Lipinski definition) is 0. The van der Waals surface area contributed by atoms with Crippen molar-refractivity contribution in [3.8, 4) is 11.5 Å². The molecule has 0 atom stereocenters. The van der Waals surface area contributed by atoms with Gasteiger partial charge in [0.25, 0.3) is 0 Å². The first-order chi connectivity index (χ1) is 9.01. The molecule has 0 aliphatic rings. The van der Waals surface area contributed by atoms with E-state index in [9.17, 15) is 0 Å². The van der Waals surface area contributed by atoms with Gasteiger partial charge in [-0.25, -0.2) is 0 Å². The van der Waals surface area contributed by atoms with Crippen molar-refractivity contribution in [1.82, 2.24) is 0 Å². The second kappa shape index (κ2) is 6.55. The Kier molecular flexibility index (Phi) is 5.27. The van der Waals surface area contributed by atoms with E-state index in [0.29, 0.717) is 31.6 Å². The number of benzene rings is 2. The maximum absolute atomic E-state index is 6.13. The summed E-state index contributed by atoms with van der Waals surface area (Å²) in [6.45, 7) is 0. The van der Waals surface area contributed by atoms with Crippen molar-refractivity contribution in [2.24, 2.45) is 0 Å². The quantitative estimate of drug-likeness (QED) is 0.398. The third-order valence-electron chi connectivity index (χ3n) is 2.35. The summed E-state index contributed by atoms with van der Waals surface area (Å²) in [4.78, 5) is 0. The summed E-state index contributed by atoms with van der Waals surface area (Å²) in [6.07, 6.45) is 0. The molecule has 2 rings (SSSR count). The van der Waals surface area contributed by atoms with E-state index in [1.54, 1.807) is 12.1 Å². The highest BCUT2D eigenvalue weighted by atomic mass is 79.9. The van der Waals surface area contributed by atoms with Crippen molar-refractivity contribution in [2.45, 2.75) is 5.33 Å². The van der Waals surface area contributed by atoms with E-state index in [1.165, 1.54) is 6.07 Å². The van der Waals surface area contributed by atoms with Crippen LogP contribution < -0.4 is 4.74 Å². The average molecular weight is 401 g/mol. The highest BCUT2D eigenvalue weighted by molar-refractivity contribution is 9.08. The third-order valence-corrected chi connectivity index (χ3v) is 4.31. The van der Waals surface area contributed by atoms with E-state index in [0.717, 1.165) is 10.9 Å². The predicted molar refractivity (Wildman–Crippen MR) is 85.6 cm³/mol.